The van der Waals surface area contributed by atoms with E-state index in [4.69, 9.17) is 16.0 Å². The van der Waals surface area contributed by atoms with Gasteiger partial charge in [-0.1, -0.05) is 43.6 Å². The van der Waals surface area contributed by atoms with Gasteiger partial charge in [0.15, 0.2) is 0 Å². The van der Waals surface area contributed by atoms with E-state index in [1.807, 2.05) is 30.3 Å². The third kappa shape index (κ3) is 4.32. The van der Waals surface area contributed by atoms with Crippen LogP contribution in [-0.4, -0.2) is 31.7 Å². The van der Waals surface area contributed by atoms with E-state index in [1.54, 1.807) is 20.8 Å². The quantitative estimate of drug-likeness (QED) is 0.589. The summed E-state index contributed by atoms with van der Waals surface area (Å²) in [5.74, 6) is 0.127. The van der Waals surface area contributed by atoms with Gasteiger partial charge in [-0.05, 0) is 37.3 Å². The molecule has 0 bridgehead atoms. The number of amides is 1. The molecule has 3 aromatic rings. The number of nitrogens with zero attached hydrogens (tertiary/aromatic N) is 1. The van der Waals surface area contributed by atoms with Gasteiger partial charge in [0.2, 0.25) is 10.0 Å². The maximum Gasteiger partial charge on any atom is 0.253 e. The molecule has 0 aliphatic carbocycles. The predicted octanol–water partition coefficient (Wildman–Crippen LogP) is 4.61. The fraction of sp³-hybridized carbons (Fsp3) is 0.286. The van der Waals surface area contributed by atoms with Crippen LogP contribution in [0, 0.1) is 0 Å². The molecule has 6 nitrogen and oxygen atoms in total. The third-order valence-corrected chi connectivity index (χ3v) is 7.12. The Kier molecular flexibility index (Phi) is 6.31. The molecule has 2 aromatic carbocycles. The number of halogens is 1. The van der Waals surface area contributed by atoms with Crippen LogP contribution in [0.5, 0.6) is 0 Å². The molecular formula is C21H23ClN2O4S. The van der Waals surface area contributed by atoms with Crippen LogP contribution in [0.15, 0.2) is 57.8 Å². The van der Waals surface area contributed by atoms with Gasteiger partial charge < -0.3 is 9.73 Å². The zero-order chi connectivity index (χ0) is 21.2. The molecule has 0 aliphatic rings. The summed E-state index contributed by atoms with van der Waals surface area (Å²) in [6.45, 7) is 6.00. The summed E-state index contributed by atoms with van der Waals surface area (Å²) < 4.78 is 32.6. The van der Waals surface area contributed by atoms with Crippen molar-refractivity contribution >= 4 is 38.5 Å². The molecule has 29 heavy (non-hydrogen) atoms. The summed E-state index contributed by atoms with van der Waals surface area (Å²) in [7, 11) is -3.70. The summed E-state index contributed by atoms with van der Waals surface area (Å²) in [6.07, 6.45) is 0. The van der Waals surface area contributed by atoms with Crippen molar-refractivity contribution in [1.82, 2.24) is 9.62 Å². The molecule has 1 amide bonds. The van der Waals surface area contributed by atoms with Crippen LogP contribution in [-0.2, 0) is 10.0 Å². The highest BCUT2D eigenvalue weighted by Crippen LogP contribution is 2.26. The normalized spacial score (nSPS) is 13.0. The number of furan rings is 1. The lowest BCUT2D eigenvalue weighted by molar-refractivity contribution is 0.0935. The van der Waals surface area contributed by atoms with Crippen molar-refractivity contribution in [2.45, 2.75) is 31.7 Å². The second-order valence-electron chi connectivity index (χ2n) is 6.61. The number of benzene rings is 2. The van der Waals surface area contributed by atoms with Crippen molar-refractivity contribution in [2.24, 2.45) is 0 Å². The summed E-state index contributed by atoms with van der Waals surface area (Å²) in [4.78, 5) is 12.8. The van der Waals surface area contributed by atoms with E-state index in [1.165, 1.54) is 22.5 Å². The van der Waals surface area contributed by atoms with Gasteiger partial charge in [0.05, 0.1) is 21.5 Å². The third-order valence-electron chi connectivity index (χ3n) is 4.74. The number of hydrogen-bond acceptors (Lipinski definition) is 4. The first-order valence-electron chi connectivity index (χ1n) is 9.37. The Bertz CT molecular complexity index is 1100. The van der Waals surface area contributed by atoms with Crippen LogP contribution in [0.3, 0.4) is 0 Å². The minimum Gasteiger partial charge on any atom is -0.459 e. The Hall–Kier alpha value is -2.35. The molecule has 0 saturated heterocycles. The van der Waals surface area contributed by atoms with Gasteiger partial charge in [0.1, 0.15) is 11.3 Å². The van der Waals surface area contributed by atoms with Gasteiger partial charge in [-0.25, -0.2) is 8.42 Å². The van der Waals surface area contributed by atoms with Gasteiger partial charge in [0, 0.05) is 18.5 Å². The summed E-state index contributed by atoms with van der Waals surface area (Å²) in [6, 6.07) is 13.2. The van der Waals surface area contributed by atoms with E-state index in [2.05, 4.69) is 5.32 Å². The second kappa shape index (κ2) is 8.57. The topological polar surface area (TPSA) is 79.6 Å². The zero-order valence-corrected chi connectivity index (χ0v) is 18.0. The standard InChI is InChI=1S/C21H23ClN2O4S/c1-4-24(5-2)29(26,27)16-10-11-18(22)17(13-16)21(25)23-14(3)20-12-15-8-6-7-9-19(15)28-20/h6-14H,4-5H2,1-3H3,(H,23,25)/t14-/m1/s1. The molecule has 8 heteroatoms. The van der Waals surface area contributed by atoms with Crippen LogP contribution in [0.25, 0.3) is 11.0 Å². The van der Waals surface area contributed by atoms with Crippen molar-refractivity contribution in [1.29, 1.82) is 0 Å². The van der Waals surface area contributed by atoms with E-state index in [0.29, 0.717) is 18.8 Å². The smallest absolute Gasteiger partial charge is 0.253 e. The minimum absolute atomic E-state index is 0.0344. The lowest BCUT2D eigenvalue weighted by atomic mass is 10.1. The highest BCUT2D eigenvalue weighted by molar-refractivity contribution is 7.89. The fourth-order valence-corrected chi connectivity index (χ4v) is 4.80. The Morgan fingerprint density at radius 3 is 2.48 bits per heavy atom. The van der Waals surface area contributed by atoms with E-state index >= 15 is 0 Å². The highest BCUT2D eigenvalue weighted by Gasteiger charge is 2.24. The molecule has 0 aliphatic heterocycles. The van der Waals surface area contributed by atoms with Crippen molar-refractivity contribution in [2.75, 3.05) is 13.1 Å². The Morgan fingerprint density at radius 2 is 1.83 bits per heavy atom. The average molecular weight is 435 g/mol. The Labute approximate surface area is 175 Å². The molecule has 154 valence electrons. The predicted molar refractivity (Wildman–Crippen MR) is 114 cm³/mol. The van der Waals surface area contributed by atoms with Crippen LogP contribution in [0.4, 0.5) is 0 Å². The first-order valence-corrected chi connectivity index (χ1v) is 11.2. The van der Waals surface area contributed by atoms with E-state index < -0.39 is 22.0 Å². The number of carbonyl (C=O) groups is 1. The number of nitrogens with one attached hydrogen (secondary N) is 1. The molecule has 1 aromatic heterocycles. The number of rotatable bonds is 7. The molecule has 0 fully saturated rings. The molecule has 3 rings (SSSR count). The summed E-state index contributed by atoms with van der Waals surface area (Å²) in [5, 5.41) is 3.94. The number of carbonyl (C=O) groups excluding carboxylic acids is 1. The molecule has 1 N–H and O–H groups in total. The SMILES string of the molecule is CCN(CC)S(=O)(=O)c1ccc(Cl)c(C(=O)N[C@H](C)c2cc3ccccc3o2)c1. The van der Waals surface area contributed by atoms with Crippen molar-refractivity contribution in [3.8, 4) is 0 Å². The second-order valence-corrected chi connectivity index (χ2v) is 8.96. The lowest BCUT2D eigenvalue weighted by Crippen LogP contribution is -2.31. The van der Waals surface area contributed by atoms with Crippen molar-refractivity contribution in [3.05, 3.63) is 64.9 Å². The zero-order valence-electron chi connectivity index (χ0n) is 16.5. The maximum absolute atomic E-state index is 12.8. The van der Waals surface area contributed by atoms with Crippen LogP contribution < -0.4 is 5.32 Å². The monoisotopic (exact) mass is 434 g/mol. The fourth-order valence-electron chi connectivity index (χ4n) is 3.11. The molecular weight excluding hydrogens is 412 g/mol. The van der Waals surface area contributed by atoms with Crippen LogP contribution in [0.1, 0.15) is 42.9 Å². The van der Waals surface area contributed by atoms with Crippen LogP contribution in [0.2, 0.25) is 5.02 Å². The molecule has 0 saturated carbocycles. The molecule has 0 radical (unpaired) electrons. The molecule has 1 atom stereocenters. The molecule has 0 spiro atoms. The maximum atomic E-state index is 12.8. The van der Waals surface area contributed by atoms with E-state index in [9.17, 15) is 13.2 Å². The first-order chi connectivity index (χ1) is 13.8. The largest absolute Gasteiger partial charge is 0.459 e. The van der Waals surface area contributed by atoms with E-state index in [-0.39, 0.29) is 15.5 Å². The molecule has 1 heterocycles. The number of hydrogen-bond donors (Lipinski definition) is 1. The van der Waals surface area contributed by atoms with Crippen molar-refractivity contribution in [3.63, 3.8) is 0 Å². The molecule has 0 unspecified atom stereocenters. The lowest BCUT2D eigenvalue weighted by Gasteiger charge is -2.19. The minimum atomic E-state index is -3.70. The Balaban J connectivity index is 1.87. The Morgan fingerprint density at radius 1 is 1.14 bits per heavy atom. The van der Waals surface area contributed by atoms with Crippen molar-refractivity contribution < 1.29 is 17.6 Å². The average Bonchev–Trinajstić information content (AvgIpc) is 3.13. The number of sulfonamides is 1. The van der Waals surface area contributed by atoms with Gasteiger partial charge in [-0.3, -0.25) is 4.79 Å². The van der Waals surface area contributed by atoms with Gasteiger partial charge in [0.25, 0.3) is 5.91 Å². The van der Waals surface area contributed by atoms with E-state index in [0.717, 1.165) is 11.0 Å². The van der Waals surface area contributed by atoms with Gasteiger partial charge in [-0.15, -0.1) is 0 Å². The highest BCUT2D eigenvalue weighted by atomic mass is 35.5. The number of para-hydroxylation sites is 1. The first kappa shape index (κ1) is 21.4. The van der Waals surface area contributed by atoms with Crippen LogP contribution >= 0.6 is 11.6 Å². The summed E-state index contributed by atoms with van der Waals surface area (Å²) >= 11 is 6.19. The van der Waals surface area contributed by atoms with Gasteiger partial charge in [-0.2, -0.15) is 4.31 Å². The summed E-state index contributed by atoms with van der Waals surface area (Å²) in [5.41, 5.74) is 0.830. The van der Waals surface area contributed by atoms with Gasteiger partial charge >= 0.3 is 0 Å². The number of fused-ring (bicyclic) bond motifs is 1.